The van der Waals surface area contributed by atoms with E-state index in [2.05, 4.69) is 35.3 Å². The summed E-state index contributed by atoms with van der Waals surface area (Å²) >= 11 is 0. The third-order valence-electron chi connectivity index (χ3n) is 6.56. The Bertz CT molecular complexity index is 1420. The van der Waals surface area contributed by atoms with Crippen molar-refractivity contribution in [3.05, 3.63) is 47.8 Å². The van der Waals surface area contributed by atoms with Crippen LogP contribution in [0.4, 0.5) is 41.2 Å². The lowest BCUT2D eigenvalue weighted by molar-refractivity contribution is -0.181. The SMILES string of the molecule is C[Si](C)(C)CCOCn1cc(C(F)(F)F)c2c(Oc3c(F)cc(NC(=O)NCC4(C(F)F)COC4)cc3F)ccnc21. The molecular weight excluding hydrogens is 593 g/mol. The van der Waals surface area contributed by atoms with Gasteiger partial charge in [0.25, 0.3) is 0 Å². The average molecular weight is 623 g/mol. The van der Waals surface area contributed by atoms with E-state index in [1.165, 1.54) is 0 Å². The first kappa shape index (κ1) is 31.6. The molecule has 1 aliphatic rings. The number of urea groups is 1. The van der Waals surface area contributed by atoms with Gasteiger partial charge in [0.1, 0.15) is 18.1 Å². The van der Waals surface area contributed by atoms with Crippen molar-refractivity contribution in [2.24, 2.45) is 5.41 Å². The zero-order chi connectivity index (χ0) is 30.9. The molecule has 1 saturated heterocycles. The van der Waals surface area contributed by atoms with E-state index >= 15 is 0 Å². The first-order valence-electron chi connectivity index (χ1n) is 12.8. The minimum atomic E-state index is -4.85. The minimum absolute atomic E-state index is 0.165. The number of anilines is 1. The van der Waals surface area contributed by atoms with Crippen LogP contribution in [0.15, 0.2) is 30.6 Å². The molecule has 2 aromatic heterocycles. The molecular formula is C26H29F7N4O4Si. The number of benzene rings is 1. The van der Waals surface area contributed by atoms with Gasteiger partial charge in [0.2, 0.25) is 6.43 Å². The molecule has 0 unspecified atom stereocenters. The van der Waals surface area contributed by atoms with Gasteiger partial charge in [0, 0.05) is 51.4 Å². The monoisotopic (exact) mass is 622 g/mol. The first-order valence-corrected chi connectivity index (χ1v) is 16.5. The van der Waals surface area contributed by atoms with Crippen LogP contribution in [0.5, 0.6) is 11.5 Å². The van der Waals surface area contributed by atoms with Crippen molar-refractivity contribution in [3.63, 3.8) is 0 Å². The molecule has 8 nitrogen and oxygen atoms in total. The van der Waals surface area contributed by atoms with Crippen LogP contribution < -0.4 is 15.4 Å². The van der Waals surface area contributed by atoms with Gasteiger partial charge in [-0.25, -0.2) is 27.3 Å². The number of aromatic nitrogens is 2. The van der Waals surface area contributed by atoms with E-state index in [9.17, 15) is 35.5 Å². The molecule has 0 saturated carbocycles. The van der Waals surface area contributed by atoms with E-state index in [1.54, 1.807) is 0 Å². The van der Waals surface area contributed by atoms with Crippen LogP contribution in [0.25, 0.3) is 11.0 Å². The number of ether oxygens (including phenoxy) is 3. The third kappa shape index (κ3) is 7.15. The van der Waals surface area contributed by atoms with Gasteiger partial charge in [-0.05, 0) is 12.1 Å². The third-order valence-corrected chi connectivity index (χ3v) is 8.27. The number of carbonyl (C=O) groups is 1. The van der Waals surface area contributed by atoms with Gasteiger partial charge in [0.05, 0.1) is 29.6 Å². The highest BCUT2D eigenvalue weighted by molar-refractivity contribution is 6.76. The van der Waals surface area contributed by atoms with Crippen LogP contribution >= 0.6 is 0 Å². The number of carbonyl (C=O) groups excluding carboxylic acids is 1. The number of hydrogen-bond acceptors (Lipinski definition) is 5. The minimum Gasteiger partial charge on any atom is -0.450 e. The summed E-state index contributed by atoms with van der Waals surface area (Å²) < 4.78 is 115. The van der Waals surface area contributed by atoms with E-state index in [4.69, 9.17) is 14.2 Å². The van der Waals surface area contributed by atoms with E-state index in [-0.39, 0.29) is 31.3 Å². The average Bonchev–Trinajstić information content (AvgIpc) is 3.23. The smallest absolute Gasteiger partial charge is 0.418 e. The quantitative estimate of drug-likeness (QED) is 0.139. The molecule has 0 spiro atoms. The van der Waals surface area contributed by atoms with Crippen LogP contribution in [-0.2, 0) is 22.4 Å². The molecule has 3 aromatic rings. The lowest BCUT2D eigenvalue weighted by atomic mass is 9.86. The largest absolute Gasteiger partial charge is 0.450 e. The second kappa shape index (κ2) is 12.1. The van der Waals surface area contributed by atoms with Crippen LogP contribution in [-0.4, -0.2) is 56.4 Å². The molecule has 0 aliphatic carbocycles. The van der Waals surface area contributed by atoms with Gasteiger partial charge < -0.3 is 29.4 Å². The summed E-state index contributed by atoms with van der Waals surface area (Å²) in [6.07, 6.45) is -5.68. The van der Waals surface area contributed by atoms with Gasteiger partial charge in [-0.15, -0.1) is 0 Å². The lowest BCUT2D eigenvalue weighted by Crippen LogP contribution is -2.55. The molecule has 4 rings (SSSR count). The second-order valence-electron chi connectivity index (χ2n) is 11.2. The van der Waals surface area contributed by atoms with Crippen LogP contribution in [0.3, 0.4) is 0 Å². The molecule has 0 bridgehead atoms. The Hall–Kier alpha value is -3.37. The van der Waals surface area contributed by atoms with Crippen molar-refractivity contribution in [2.75, 3.05) is 31.7 Å². The van der Waals surface area contributed by atoms with Gasteiger partial charge in [0.15, 0.2) is 17.4 Å². The highest BCUT2D eigenvalue weighted by atomic mass is 28.3. The maximum Gasteiger partial charge on any atom is 0.418 e. The predicted octanol–water partition coefficient (Wildman–Crippen LogP) is 6.84. The molecule has 0 radical (unpaired) electrons. The fraction of sp³-hybridized carbons (Fsp3) is 0.462. The standard InChI is InChI=1S/C26H29F7N4O4Si/c1-42(2,3)7-6-39-14-37-10-16(26(31,32)33)20-19(4-5-34-22(20)37)41-21-17(27)8-15(9-18(21)28)36-24(38)35-11-25(23(29)30)12-40-13-25/h4-5,8-10,23H,6-7,11-14H2,1-3H3,(H2,35,36,38). The summed E-state index contributed by atoms with van der Waals surface area (Å²) in [6, 6.07) is 2.17. The van der Waals surface area contributed by atoms with Crippen LogP contribution in [0, 0.1) is 17.0 Å². The van der Waals surface area contributed by atoms with Crippen LogP contribution in [0.2, 0.25) is 25.7 Å². The van der Waals surface area contributed by atoms with E-state index < -0.39 is 72.7 Å². The van der Waals surface area contributed by atoms with E-state index in [0.29, 0.717) is 18.7 Å². The number of nitrogens with zero attached hydrogens (tertiary/aromatic N) is 2. The maximum absolute atomic E-state index is 14.9. The molecule has 1 aromatic carbocycles. The number of pyridine rings is 1. The number of rotatable bonds is 11. The van der Waals surface area contributed by atoms with Gasteiger partial charge in [-0.2, -0.15) is 13.2 Å². The molecule has 1 aliphatic heterocycles. The Morgan fingerprint density at radius 3 is 2.40 bits per heavy atom. The molecule has 1 fully saturated rings. The topological polar surface area (TPSA) is 86.6 Å². The molecule has 2 amide bonds. The molecule has 16 heteroatoms. The summed E-state index contributed by atoms with van der Waals surface area (Å²) in [7, 11) is -1.45. The first-order chi connectivity index (χ1) is 19.6. The van der Waals surface area contributed by atoms with Gasteiger partial charge in [-0.3, -0.25) is 0 Å². The zero-order valence-electron chi connectivity index (χ0n) is 22.9. The van der Waals surface area contributed by atoms with Gasteiger partial charge >= 0.3 is 12.2 Å². The van der Waals surface area contributed by atoms with Crippen molar-refractivity contribution in [3.8, 4) is 11.5 Å². The highest BCUT2D eigenvalue weighted by Gasteiger charge is 2.47. The summed E-state index contributed by atoms with van der Waals surface area (Å²) in [4.78, 5) is 16.1. The molecule has 3 heterocycles. The zero-order valence-corrected chi connectivity index (χ0v) is 23.9. The summed E-state index contributed by atoms with van der Waals surface area (Å²) in [5, 5.41) is 3.81. The number of hydrogen-bond donors (Lipinski definition) is 2. The molecule has 2 N–H and O–H groups in total. The normalized spacial score (nSPS) is 15.1. The Morgan fingerprint density at radius 2 is 1.86 bits per heavy atom. The van der Waals surface area contributed by atoms with Crippen molar-refractivity contribution >= 4 is 30.8 Å². The summed E-state index contributed by atoms with van der Waals surface area (Å²) in [6.45, 7) is 5.53. The second-order valence-corrected chi connectivity index (χ2v) is 16.8. The van der Waals surface area contributed by atoms with Crippen molar-refractivity contribution < 1.29 is 49.7 Å². The maximum atomic E-state index is 14.9. The molecule has 0 atom stereocenters. The number of fused-ring (bicyclic) bond motifs is 1. The highest BCUT2D eigenvalue weighted by Crippen LogP contribution is 2.42. The molecule has 42 heavy (non-hydrogen) atoms. The Labute approximate surface area is 237 Å². The Balaban J connectivity index is 1.54. The summed E-state index contributed by atoms with van der Waals surface area (Å²) in [5.74, 6) is -4.21. The van der Waals surface area contributed by atoms with Crippen molar-refractivity contribution in [1.29, 1.82) is 0 Å². The number of amides is 2. The predicted molar refractivity (Wildman–Crippen MR) is 142 cm³/mol. The number of alkyl halides is 5. The lowest BCUT2D eigenvalue weighted by Gasteiger charge is -2.40. The molecule has 230 valence electrons. The summed E-state index contributed by atoms with van der Waals surface area (Å²) in [5.41, 5.74) is -3.23. The fourth-order valence-electron chi connectivity index (χ4n) is 4.07. The number of nitrogens with one attached hydrogen (secondary N) is 2. The Morgan fingerprint density at radius 1 is 1.19 bits per heavy atom. The van der Waals surface area contributed by atoms with E-state index in [1.807, 2.05) is 0 Å². The fourth-order valence-corrected chi connectivity index (χ4v) is 4.82. The van der Waals surface area contributed by atoms with E-state index in [0.717, 1.165) is 29.1 Å². The van der Waals surface area contributed by atoms with Crippen LogP contribution in [0.1, 0.15) is 5.56 Å². The Kier molecular flexibility index (Phi) is 9.08. The van der Waals surface area contributed by atoms with Crippen molar-refractivity contribution in [1.82, 2.24) is 14.9 Å². The van der Waals surface area contributed by atoms with Crippen molar-refractivity contribution in [2.45, 2.75) is 45.0 Å². The van der Waals surface area contributed by atoms with Gasteiger partial charge in [-0.1, -0.05) is 19.6 Å². The number of halogens is 7.